The van der Waals surface area contributed by atoms with Gasteiger partial charge in [0, 0.05) is 6.42 Å². The highest BCUT2D eigenvalue weighted by Gasteiger charge is 2.38. The van der Waals surface area contributed by atoms with Crippen LogP contribution in [0.25, 0.3) is 0 Å². The van der Waals surface area contributed by atoms with Crippen molar-refractivity contribution >= 4 is 11.9 Å². The lowest BCUT2D eigenvalue weighted by Crippen LogP contribution is -2.28. The molecule has 0 radical (unpaired) electrons. The third-order valence-corrected chi connectivity index (χ3v) is 2.28. The zero-order valence-corrected chi connectivity index (χ0v) is 9.58. The monoisotopic (exact) mass is 272 g/mol. The van der Waals surface area contributed by atoms with Gasteiger partial charge in [0.1, 0.15) is 11.2 Å². The molecule has 0 aliphatic carbocycles. The molecule has 0 bridgehead atoms. The van der Waals surface area contributed by atoms with Crippen LogP contribution < -0.4 is 0 Å². The quantitative estimate of drug-likeness (QED) is 0.575. The van der Waals surface area contributed by atoms with E-state index in [1.807, 2.05) is 0 Å². The van der Waals surface area contributed by atoms with Crippen LogP contribution >= 0.6 is 0 Å². The molecular weight excluding hydrogens is 260 g/mol. The number of hydrogen-bond acceptors (Lipinski definition) is 2. The largest absolute Gasteiger partial charge is 0.481 e. The van der Waals surface area contributed by atoms with Gasteiger partial charge in [-0.05, 0) is 13.8 Å². The summed E-state index contributed by atoms with van der Waals surface area (Å²) >= 11 is 0. The molecule has 0 aromatic carbocycles. The van der Waals surface area contributed by atoms with Gasteiger partial charge in [-0.15, -0.1) is 0 Å². The van der Waals surface area contributed by atoms with Crippen molar-refractivity contribution in [1.82, 2.24) is 0 Å². The number of hydrogen-bond donors (Lipinski definition) is 2. The summed E-state index contributed by atoms with van der Waals surface area (Å²) in [4.78, 5) is 21.4. The molecule has 0 fully saturated rings. The van der Waals surface area contributed by atoms with Gasteiger partial charge < -0.3 is 10.2 Å². The molecule has 8 heteroatoms. The Labute approximate surface area is 99.9 Å². The topological polar surface area (TPSA) is 74.6 Å². The minimum atomic E-state index is -3.47. The maximum Gasteiger partial charge on any atom is 0.334 e. The van der Waals surface area contributed by atoms with E-state index < -0.39 is 47.8 Å². The van der Waals surface area contributed by atoms with Crippen LogP contribution in [0, 0.1) is 5.41 Å². The smallest absolute Gasteiger partial charge is 0.334 e. The highest BCUT2D eigenvalue weighted by Crippen LogP contribution is 2.33. The van der Waals surface area contributed by atoms with Gasteiger partial charge in [-0.2, -0.15) is 0 Å². The first kappa shape index (κ1) is 16.4. The average molecular weight is 272 g/mol. The zero-order valence-electron chi connectivity index (χ0n) is 9.58. The minimum Gasteiger partial charge on any atom is -0.481 e. The van der Waals surface area contributed by atoms with E-state index in [4.69, 9.17) is 10.2 Å². The number of carboxylic acids is 2. The number of aliphatic carboxylic acids is 2. The Bertz CT molecular complexity index is 376. The van der Waals surface area contributed by atoms with Gasteiger partial charge in [-0.25, -0.2) is 22.4 Å². The standard InChI is InChI=1S/C10H12F4O4/c1-10(2,9(17)18)6(12)4(8(15)16)3-5(11)7(13)14/h5,7H,3H2,1-2H3,(H,15,16)(H,17,18). The number of halogens is 4. The average Bonchev–Trinajstić information content (AvgIpc) is 2.23. The van der Waals surface area contributed by atoms with Crippen molar-refractivity contribution < 1.29 is 37.4 Å². The van der Waals surface area contributed by atoms with Crippen LogP contribution in [0.1, 0.15) is 20.3 Å². The van der Waals surface area contributed by atoms with E-state index in [1.165, 1.54) is 0 Å². The van der Waals surface area contributed by atoms with Crippen LogP contribution in [-0.2, 0) is 9.59 Å². The summed E-state index contributed by atoms with van der Waals surface area (Å²) in [6, 6.07) is 0. The second-order valence-corrected chi connectivity index (χ2v) is 4.08. The molecule has 1 unspecified atom stereocenters. The molecule has 0 aromatic heterocycles. The summed E-state index contributed by atoms with van der Waals surface area (Å²) in [5.41, 5.74) is -3.52. The molecule has 0 amide bonds. The molecule has 2 N–H and O–H groups in total. The van der Waals surface area contributed by atoms with E-state index in [-0.39, 0.29) is 0 Å². The molecule has 1 atom stereocenters. The van der Waals surface area contributed by atoms with Gasteiger partial charge in [-0.3, -0.25) is 4.79 Å². The van der Waals surface area contributed by atoms with E-state index >= 15 is 0 Å². The van der Waals surface area contributed by atoms with Crippen molar-refractivity contribution in [3.05, 3.63) is 11.4 Å². The molecule has 0 aliphatic heterocycles. The predicted molar refractivity (Wildman–Crippen MR) is 52.7 cm³/mol. The van der Waals surface area contributed by atoms with Crippen LogP contribution in [0.4, 0.5) is 17.6 Å². The molecule has 0 rings (SSSR count). The lowest BCUT2D eigenvalue weighted by Gasteiger charge is -2.19. The van der Waals surface area contributed by atoms with Crippen molar-refractivity contribution in [3.8, 4) is 0 Å². The Morgan fingerprint density at radius 2 is 1.61 bits per heavy atom. The number of carboxylic acid groups (broad SMARTS) is 2. The Morgan fingerprint density at radius 3 is 1.89 bits per heavy atom. The molecule has 0 saturated heterocycles. The van der Waals surface area contributed by atoms with E-state index in [9.17, 15) is 27.2 Å². The number of carbonyl (C=O) groups is 2. The van der Waals surface area contributed by atoms with Gasteiger partial charge in [0.15, 0.2) is 6.17 Å². The molecule has 104 valence electrons. The van der Waals surface area contributed by atoms with Crippen LogP contribution in [0.15, 0.2) is 11.4 Å². The van der Waals surface area contributed by atoms with E-state index in [0.717, 1.165) is 13.8 Å². The third kappa shape index (κ3) is 3.71. The van der Waals surface area contributed by atoms with Gasteiger partial charge in [0.2, 0.25) is 0 Å². The Balaban J connectivity index is 5.46. The molecule has 0 heterocycles. The Hall–Kier alpha value is -1.60. The second-order valence-electron chi connectivity index (χ2n) is 4.08. The first-order valence-electron chi connectivity index (χ1n) is 4.79. The fourth-order valence-corrected chi connectivity index (χ4v) is 1.03. The van der Waals surface area contributed by atoms with Gasteiger partial charge in [0.05, 0.1) is 5.57 Å². The Kier molecular flexibility index (Phi) is 5.31. The second kappa shape index (κ2) is 5.83. The molecule has 0 aromatic rings. The summed E-state index contributed by atoms with van der Waals surface area (Å²) in [5, 5.41) is 17.3. The normalized spacial score (nSPS) is 15.3. The summed E-state index contributed by atoms with van der Waals surface area (Å²) < 4.78 is 50.3. The molecular formula is C10H12F4O4. The van der Waals surface area contributed by atoms with Crippen LogP contribution in [0.5, 0.6) is 0 Å². The van der Waals surface area contributed by atoms with Crippen LogP contribution in [0.3, 0.4) is 0 Å². The molecule has 0 spiro atoms. The zero-order chi connectivity index (χ0) is 14.7. The van der Waals surface area contributed by atoms with Gasteiger partial charge in [0.25, 0.3) is 6.43 Å². The molecule has 0 saturated carbocycles. The van der Waals surface area contributed by atoms with Crippen molar-refractivity contribution in [2.45, 2.75) is 32.9 Å². The maximum atomic E-state index is 13.7. The first-order chi connectivity index (χ1) is 8.01. The van der Waals surface area contributed by atoms with Crippen LogP contribution in [0.2, 0.25) is 0 Å². The summed E-state index contributed by atoms with van der Waals surface area (Å²) in [5.74, 6) is -5.30. The summed E-state index contributed by atoms with van der Waals surface area (Å²) in [7, 11) is 0. The highest BCUT2D eigenvalue weighted by atomic mass is 19.3. The van der Waals surface area contributed by atoms with Gasteiger partial charge in [-0.1, -0.05) is 0 Å². The van der Waals surface area contributed by atoms with E-state index in [1.54, 1.807) is 0 Å². The minimum absolute atomic E-state index is 0.850. The number of rotatable bonds is 6. The first-order valence-corrected chi connectivity index (χ1v) is 4.79. The van der Waals surface area contributed by atoms with Crippen molar-refractivity contribution in [2.24, 2.45) is 5.41 Å². The molecule has 18 heavy (non-hydrogen) atoms. The van der Waals surface area contributed by atoms with Crippen molar-refractivity contribution in [3.63, 3.8) is 0 Å². The predicted octanol–water partition coefficient (Wildman–Crippen LogP) is 2.40. The van der Waals surface area contributed by atoms with E-state index in [0.29, 0.717) is 0 Å². The lowest BCUT2D eigenvalue weighted by atomic mass is 9.88. The fraction of sp³-hybridized carbons (Fsp3) is 0.600. The third-order valence-electron chi connectivity index (χ3n) is 2.28. The van der Waals surface area contributed by atoms with Crippen LogP contribution in [-0.4, -0.2) is 34.7 Å². The highest BCUT2D eigenvalue weighted by molar-refractivity contribution is 5.89. The van der Waals surface area contributed by atoms with Crippen molar-refractivity contribution in [2.75, 3.05) is 0 Å². The van der Waals surface area contributed by atoms with E-state index in [2.05, 4.69) is 0 Å². The molecule has 0 aliphatic rings. The van der Waals surface area contributed by atoms with Gasteiger partial charge >= 0.3 is 11.9 Å². The Morgan fingerprint density at radius 1 is 1.17 bits per heavy atom. The SMILES string of the molecule is CC(C)(C(=O)O)C(F)=C(CC(F)C(F)F)C(=O)O. The molecule has 4 nitrogen and oxygen atoms in total. The summed E-state index contributed by atoms with van der Waals surface area (Å²) in [6.45, 7) is 1.70. The van der Waals surface area contributed by atoms with Crippen molar-refractivity contribution in [1.29, 1.82) is 0 Å². The summed E-state index contributed by atoms with van der Waals surface area (Å²) in [6.07, 6.45) is -7.73. The maximum absolute atomic E-state index is 13.7. The lowest BCUT2D eigenvalue weighted by molar-refractivity contribution is -0.145. The fourth-order valence-electron chi connectivity index (χ4n) is 1.03. The number of alkyl halides is 3.